The Kier molecular flexibility index (Phi) is 4.29. The highest BCUT2D eigenvalue weighted by atomic mass is 35.5. The lowest BCUT2D eigenvalue weighted by Crippen LogP contribution is -2.27. The molecule has 1 amide bonds. The molecular formula is C16H17ClN2OS. The van der Waals surface area contributed by atoms with E-state index in [-0.39, 0.29) is 11.9 Å². The van der Waals surface area contributed by atoms with Gasteiger partial charge in [0.05, 0.1) is 10.4 Å². The predicted molar refractivity (Wildman–Crippen MR) is 87.1 cm³/mol. The van der Waals surface area contributed by atoms with Gasteiger partial charge in [-0.1, -0.05) is 17.7 Å². The third kappa shape index (κ3) is 3.28. The third-order valence-electron chi connectivity index (χ3n) is 3.72. The molecule has 2 N–H and O–H groups in total. The molecule has 2 aromatic rings. The molecular weight excluding hydrogens is 304 g/mol. The van der Waals surface area contributed by atoms with Gasteiger partial charge in [-0.25, -0.2) is 0 Å². The van der Waals surface area contributed by atoms with Gasteiger partial charge < -0.3 is 10.6 Å². The first-order valence-corrected chi connectivity index (χ1v) is 8.21. The Bertz CT molecular complexity index is 668. The molecule has 1 atom stereocenters. The van der Waals surface area contributed by atoms with Gasteiger partial charge in [-0.15, -0.1) is 11.3 Å². The summed E-state index contributed by atoms with van der Waals surface area (Å²) >= 11 is 7.43. The van der Waals surface area contributed by atoms with Crippen molar-refractivity contribution < 1.29 is 4.79 Å². The molecule has 5 heteroatoms. The van der Waals surface area contributed by atoms with Gasteiger partial charge in [0.1, 0.15) is 0 Å². The first-order chi connectivity index (χ1) is 10.1. The number of halogens is 1. The highest BCUT2D eigenvalue weighted by Gasteiger charge is 2.15. The van der Waals surface area contributed by atoms with Crippen LogP contribution in [0.3, 0.4) is 0 Å². The topological polar surface area (TPSA) is 41.1 Å². The molecule has 0 aliphatic carbocycles. The maximum atomic E-state index is 12.4. The standard InChI is InChI=1S/C16H17ClN2OS/c1-10(14-4-5-15(17)21-14)19-16(20)12-3-2-11-6-7-18-9-13(11)8-12/h2-5,8,10,18H,6-7,9H2,1H3,(H,19,20). The van der Waals surface area contributed by atoms with Gasteiger partial charge in [0.15, 0.2) is 0 Å². The Labute approximate surface area is 133 Å². The van der Waals surface area contributed by atoms with Crippen LogP contribution in [0.4, 0.5) is 0 Å². The van der Waals surface area contributed by atoms with Crippen LogP contribution in [-0.2, 0) is 13.0 Å². The van der Waals surface area contributed by atoms with Gasteiger partial charge in [-0.3, -0.25) is 4.79 Å². The molecule has 0 fully saturated rings. The molecule has 0 bridgehead atoms. The maximum absolute atomic E-state index is 12.4. The molecule has 3 nitrogen and oxygen atoms in total. The fourth-order valence-electron chi connectivity index (χ4n) is 2.53. The van der Waals surface area contributed by atoms with Crippen LogP contribution < -0.4 is 10.6 Å². The van der Waals surface area contributed by atoms with E-state index in [0.717, 1.165) is 28.7 Å². The minimum Gasteiger partial charge on any atom is -0.345 e. The van der Waals surface area contributed by atoms with Crippen LogP contribution in [0.2, 0.25) is 4.34 Å². The highest BCUT2D eigenvalue weighted by Crippen LogP contribution is 2.27. The summed E-state index contributed by atoms with van der Waals surface area (Å²) in [4.78, 5) is 13.4. The first kappa shape index (κ1) is 14.6. The summed E-state index contributed by atoms with van der Waals surface area (Å²) < 4.78 is 0.742. The summed E-state index contributed by atoms with van der Waals surface area (Å²) in [5, 5.41) is 6.36. The van der Waals surface area contributed by atoms with Crippen molar-refractivity contribution >= 4 is 28.8 Å². The van der Waals surface area contributed by atoms with Crippen LogP contribution in [0.5, 0.6) is 0 Å². The van der Waals surface area contributed by atoms with Crippen molar-refractivity contribution in [3.05, 3.63) is 56.2 Å². The lowest BCUT2D eigenvalue weighted by molar-refractivity contribution is 0.0940. The fourth-order valence-corrected chi connectivity index (χ4v) is 3.60. The summed E-state index contributed by atoms with van der Waals surface area (Å²) in [7, 11) is 0. The molecule has 1 aliphatic rings. The van der Waals surface area contributed by atoms with Gasteiger partial charge in [0, 0.05) is 17.0 Å². The number of hydrogen-bond donors (Lipinski definition) is 2. The molecule has 3 rings (SSSR count). The van der Waals surface area contributed by atoms with E-state index in [9.17, 15) is 4.79 Å². The lowest BCUT2D eigenvalue weighted by Gasteiger charge is -2.18. The number of benzene rings is 1. The summed E-state index contributed by atoms with van der Waals surface area (Å²) in [5.74, 6) is -0.0413. The van der Waals surface area contributed by atoms with Crippen LogP contribution in [0.1, 0.15) is 39.3 Å². The van der Waals surface area contributed by atoms with Gasteiger partial charge in [0.25, 0.3) is 5.91 Å². The Balaban J connectivity index is 1.73. The van der Waals surface area contributed by atoms with E-state index in [1.165, 1.54) is 22.5 Å². The second kappa shape index (κ2) is 6.18. The SMILES string of the molecule is CC(NC(=O)c1ccc2c(c1)CNCC2)c1ccc(Cl)s1. The molecule has 0 saturated heterocycles. The number of carbonyl (C=O) groups excluding carboxylic acids is 1. The number of hydrogen-bond acceptors (Lipinski definition) is 3. The zero-order chi connectivity index (χ0) is 14.8. The van der Waals surface area contributed by atoms with E-state index in [0.29, 0.717) is 5.56 Å². The third-order valence-corrected chi connectivity index (χ3v) is 5.14. The monoisotopic (exact) mass is 320 g/mol. The quantitative estimate of drug-likeness (QED) is 0.908. The Morgan fingerprint density at radius 1 is 1.33 bits per heavy atom. The summed E-state index contributed by atoms with van der Waals surface area (Å²) in [5.41, 5.74) is 3.27. The zero-order valence-electron chi connectivity index (χ0n) is 11.8. The maximum Gasteiger partial charge on any atom is 0.251 e. The van der Waals surface area contributed by atoms with Gasteiger partial charge in [-0.2, -0.15) is 0 Å². The van der Waals surface area contributed by atoms with Gasteiger partial charge in [0.2, 0.25) is 0 Å². The summed E-state index contributed by atoms with van der Waals surface area (Å²) in [6, 6.07) is 9.74. The number of nitrogens with one attached hydrogen (secondary N) is 2. The molecule has 1 aromatic heterocycles. The van der Waals surface area contributed by atoms with Crippen molar-refractivity contribution in [2.75, 3.05) is 6.54 Å². The number of amides is 1. The fraction of sp³-hybridized carbons (Fsp3) is 0.312. The van der Waals surface area contributed by atoms with Crippen molar-refractivity contribution in [2.24, 2.45) is 0 Å². The Morgan fingerprint density at radius 2 is 2.19 bits per heavy atom. The molecule has 0 spiro atoms. The number of carbonyl (C=O) groups is 1. The van der Waals surface area contributed by atoms with E-state index in [1.807, 2.05) is 31.2 Å². The van der Waals surface area contributed by atoms with Crippen LogP contribution in [0.15, 0.2) is 30.3 Å². The van der Waals surface area contributed by atoms with Gasteiger partial charge in [-0.05, 0) is 55.3 Å². The second-order valence-corrected chi connectivity index (χ2v) is 6.99. The van der Waals surface area contributed by atoms with E-state index < -0.39 is 0 Å². The average Bonchev–Trinajstić information content (AvgIpc) is 2.93. The van der Waals surface area contributed by atoms with E-state index in [4.69, 9.17) is 11.6 Å². The minimum atomic E-state index is -0.0413. The smallest absolute Gasteiger partial charge is 0.251 e. The van der Waals surface area contributed by atoms with Crippen molar-refractivity contribution in [1.82, 2.24) is 10.6 Å². The molecule has 21 heavy (non-hydrogen) atoms. The molecule has 0 radical (unpaired) electrons. The van der Waals surface area contributed by atoms with Crippen LogP contribution in [0.25, 0.3) is 0 Å². The van der Waals surface area contributed by atoms with E-state index >= 15 is 0 Å². The van der Waals surface area contributed by atoms with Crippen LogP contribution >= 0.6 is 22.9 Å². The van der Waals surface area contributed by atoms with Crippen molar-refractivity contribution in [3.8, 4) is 0 Å². The second-order valence-electron chi connectivity index (χ2n) is 5.25. The normalized spacial score (nSPS) is 15.3. The largest absolute Gasteiger partial charge is 0.345 e. The average molecular weight is 321 g/mol. The predicted octanol–water partition coefficient (Wildman–Crippen LogP) is 3.54. The molecule has 1 aromatic carbocycles. The van der Waals surface area contributed by atoms with Crippen molar-refractivity contribution in [2.45, 2.75) is 25.9 Å². The first-order valence-electron chi connectivity index (χ1n) is 7.02. The molecule has 1 unspecified atom stereocenters. The molecule has 110 valence electrons. The van der Waals surface area contributed by atoms with Crippen molar-refractivity contribution in [3.63, 3.8) is 0 Å². The molecule has 0 saturated carbocycles. The highest BCUT2D eigenvalue weighted by molar-refractivity contribution is 7.16. The lowest BCUT2D eigenvalue weighted by atomic mass is 9.98. The summed E-state index contributed by atoms with van der Waals surface area (Å²) in [6.45, 7) is 3.82. The Hall–Kier alpha value is -1.36. The van der Waals surface area contributed by atoms with Crippen LogP contribution in [-0.4, -0.2) is 12.5 Å². The van der Waals surface area contributed by atoms with Crippen LogP contribution in [0, 0.1) is 0 Å². The number of thiophene rings is 1. The van der Waals surface area contributed by atoms with Crippen molar-refractivity contribution in [1.29, 1.82) is 0 Å². The molecule has 2 heterocycles. The van der Waals surface area contributed by atoms with E-state index in [2.05, 4.69) is 16.7 Å². The van der Waals surface area contributed by atoms with E-state index in [1.54, 1.807) is 0 Å². The number of rotatable bonds is 3. The minimum absolute atomic E-state index is 0.0378. The number of fused-ring (bicyclic) bond motifs is 1. The summed E-state index contributed by atoms with van der Waals surface area (Å²) in [6.07, 6.45) is 1.03. The van der Waals surface area contributed by atoms with Gasteiger partial charge >= 0.3 is 0 Å². The molecule has 1 aliphatic heterocycles. The Morgan fingerprint density at radius 3 is 2.95 bits per heavy atom. The zero-order valence-corrected chi connectivity index (χ0v) is 13.4.